The van der Waals surface area contributed by atoms with Crippen LogP contribution < -0.4 is 10.7 Å². The fraction of sp³-hybridized carbons (Fsp3) is 0.250. The quantitative estimate of drug-likeness (QED) is 0.557. The average molecular weight is 379 g/mol. The molecule has 138 valence electrons. The van der Waals surface area contributed by atoms with Gasteiger partial charge in [-0.1, -0.05) is 59.8 Å². The third kappa shape index (κ3) is 3.30. The number of anilines is 1. The smallest absolute Gasteiger partial charge is 0.237 e. The molecule has 1 unspecified atom stereocenters. The van der Waals surface area contributed by atoms with Crippen LogP contribution in [0.5, 0.6) is 0 Å². The molecule has 6 nitrogen and oxygen atoms in total. The van der Waals surface area contributed by atoms with E-state index >= 15 is 0 Å². The molecular weight excluding hydrogens is 358 g/mol. The molecule has 2 heterocycles. The lowest BCUT2D eigenvalue weighted by Crippen LogP contribution is -2.37. The largest absolute Gasteiger partial charge is 0.335 e. The Morgan fingerprint density at radius 1 is 1.19 bits per heavy atom. The third-order valence-electron chi connectivity index (χ3n) is 4.77. The van der Waals surface area contributed by atoms with E-state index in [9.17, 15) is 4.79 Å². The molecule has 1 aromatic heterocycles. The number of carbonyl (C=O) groups is 1. The summed E-state index contributed by atoms with van der Waals surface area (Å²) >= 11 is 1.31. The van der Waals surface area contributed by atoms with E-state index in [1.54, 1.807) is 0 Å². The van der Waals surface area contributed by atoms with E-state index in [-0.39, 0.29) is 17.7 Å². The maximum atomic E-state index is 12.8. The number of benzene rings is 2. The third-order valence-corrected chi connectivity index (χ3v) is 5.70. The van der Waals surface area contributed by atoms with Gasteiger partial charge in [0.15, 0.2) is 5.82 Å². The van der Waals surface area contributed by atoms with Gasteiger partial charge in [-0.2, -0.15) is 0 Å². The normalized spacial score (nSPS) is 15.8. The van der Waals surface area contributed by atoms with Crippen LogP contribution in [0.4, 0.5) is 5.69 Å². The number of aryl methyl sites for hydroxylation is 1. The Hall–Kier alpha value is -2.80. The van der Waals surface area contributed by atoms with Crippen LogP contribution in [-0.4, -0.2) is 32.6 Å². The van der Waals surface area contributed by atoms with E-state index in [1.807, 2.05) is 54.3 Å². The van der Waals surface area contributed by atoms with Gasteiger partial charge in [0.1, 0.15) is 0 Å². The predicted octanol–water partition coefficient (Wildman–Crippen LogP) is 3.04. The standard InChI is InChI=1S/C20H21N5OS/c1-13-7-9-15(10-8-13)19-22-23-20(25(19)21)27-12-18(26)24-14(2)11-16-5-3-4-6-17(16)24/h3-10,14H,11-12,21H2,1-2H3. The van der Waals surface area contributed by atoms with Crippen molar-refractivity contribution in [2.45, 2.75) is 31.5 Å². The van der Waals surface area contributed by atoms with Gasteiger partial charge in [0, 0.05) is 17.3 Å². The number of aromatic nitrogens is 3. The number of nitrogens with two attached hydrogens (primary N) is 1. The second-order valence-corrected chi connectivity index (χ2v) is 7.72. The van der Waals surface area contributed by atoms with Crippen molar-refractivity contribution in [3.63, 3.8) is 0 Å². The summed E-state index contributed by atoms with van der Waals surface area (Å²) in [4.78, 5) is 14.7. The lowest BCUT2D eigenvalue weighted by atomic mass is 10.1. The van der Waals surface area contributed by atoms with Crippen LogP contribution in [0.2, 0.25) is 0 Å². The van der Waals surface area contributed by atoms with Gasteiger partial charge in [0.2, 0.25) is 11.1 Å². The van der Waals surface area contributed by atoms with Gasteiger partial charge >= 0.3 is 0 Å². The van der Waals surface area contributed by atoms with Crippen LogP contribution in [0.25, 0.3) is 11.4 Å². The van der Waals surface area contributed by atoms with Crippen molar-refractivity contribution < 1.29 is 4.79 Å². The van der Waals surface area contributed by atoms with Crippen LogP contribution in [0.3, 0.4) is 0 Å². The molecule has 3 aromatic rings. The minimum Gasteiger partial charge on any atom is -0.335 e. The van der Waals surface area contributed by atoms with Crippen molar-refractivity contribution in [2.24, 2.45) is 0 Å². The molecule has 2 N–H and O–H groups in total. The summed E-state index contributed by atoms with van der Waals surface area (Å²) in [5, 5.41) is 8.87. The van der Waals surface area contributed by atoms with E-state index in [0.29, 0.717) is 11.0 Å². The highest BCUT2D eigenvalue weighted by Gasteiger charge is 2.30. The van der Waals surface area contributed by atoms with Crippen molar-refractivity contribution in [2.75, 3.05) is 16.5 Å². The van der Waals surface area contributed by atoms with Crippen LogP contribution in [0, 0.1) is 6.92 Å². The van der Waals surface area contributed by atoms with Crippen molar-refractivity contribution in [3.05, 3.63) is 59.7 Å². The number of thioether (sulfide) groups is 1. The maximum absolute atomic E-state index is 12.8. The number of hydrogen-bond acceptors (Lipinski definition) is 5. The molecule has 7 heteroatoms. The first kappa shape index (κ1) is 17.6. The molecule has 0 saturated carbocycles. The molecular formula is C20H21N5OS. The summed E-state index contributed by atoms with van der Waals surface area (Å²) in [6.45, 7) is 4.10. The van der Waals surface area contributed by atoms with Gasteiger partial charge in [-0.25, -0.2) is 4.68 Å². The average Bonchev–Trinajstić information content (AvgIpc) is 3.19. The highest BCUT2D eigenvalue weighted by Crippen LogP contribution is 2.32. The number of nitrogens with zero attached hydrogens (tertiary/aromatic N) is 4. The highest BCUT2D eigenvalue weighted by atomic mass is 32.2. The van der Waals surface area contributed by atoms with Gasteiger partial charge in [-0.3, -0.25) is 4.79 Å². The van der Waals surface area contributed by atoms with E-state index in [2.05, 4.69) is 23.2 Å². The minimum atomic E-state index is 0.0531. The number of amides is 1. The first-order valence-electron chi connectivity index (χ1n) is 8.85. The molecule has 0 saturated heterocycles. The van der Waals surface area contributed by atoms with Crippen molar-refractivity contribution in [1.29, 1.82) is 0 Å². The molecule has 1 aliphatic rings. The molecule has 0 fully saturated rings. The summed E-state index contributed by atoms with van der Waals surface area (Å²) in [7, 11) is 0. The molecule has 4 rings (SSSR count). The topological polar surface area (TPSA) is 77.0 Å². The number of hydrogen-bond donors (Lipinski definition) is 1. The summed E-state index contributed by atoms with van der Waals surface area (Å²) in [6, 6.07) is 16.2. The fourth-order valence-electron chi connectivity index (χ4n) is 3.42. The lowest BCUT2D eigenvalue weighted by molar-refractivity contribution is -0.116. The Kier molecular flexibility index (Phi) is 4.61. The number of carbonyl (C=O) groups excluding carboxylic acids is 1. The molecule has 0 radical (unpaired) electrons. The van der Waals surface area contributed by atoms with Crippen LogP contribution in [0.1, 0.15) is 18.1 Å². The van der Waals surface area contributed by atoms with E-state index in [0.717, 1.165) is 17.7 Å². The number of nitrogen functional groups attached to an aromatic ring is 1. The molecule has 0 aliphatic carbocycles. The number of fused-ring (bicyclic) bond motifs is 1. The van der Waals surface area contributed by atoms with Crippen molar-refractivity contribution in [1.82, 2.24) is 14.9 Å². The summed E-state index contributed by atoms with van der Waals surface area (Å²) in [6.07, 6.45) is 0.886. The summed E-state index contributed by atoms with van der Waals surface area (Å²) < 4.78 is 1.45. The molecule has 1 aliphatic heterocycles. The Morgan fingerprint density at radius 2 is 1.93 bits per heavy atom. The van der Waals surface area contributed by atoms with Gasteiger partial charge in [0.25, 0.3) is 0 Å². The zero-order valence-electron chi connectivity index (χ0n) is 15.3. The minimum absolute atomic E-state index is 0.0531. The van der Waals surface area contributed by atoms with Crippen LogP contribution in [-0.2, 0) is 11.2 Å². The Morgan fingerprint density at radius 3 is 2.70 bits per heavy atom. The van der Waals surface area contributed by atoms with E-state index < -0.39 is 0 Å². The SMILES string of the molecule is Cc1ccc(-c2nnc(SCC(=O)N3c4ccccc4CC3C)n2N)cc1. The number of rotatable bonds is 4. The van der Waals surface area contributed by atoms with Gasteiger partial charge in [-0.05, 0) is 31.9 Å². The Labute approximate surface area is 162 Å². The maximum Gasteiger partial charge on any atom is 0.237 e. The molecule has 0 spiro atoms. The van der Waals surface area contributed by atoms with Crippen molar-refractivity contribution in [3.8, 4) is 11.4 Å². The van der Waals surface area contributed by atoms with E-state index in [4.69, 9.17) is 5.84 Å². The lowest BCUT2D eigenvalue weighted by Gasteiger charge is -2.22. The second-order valence-electron chi connectivity index (χ2n) is 6.78. The number of para-hydroxylation sites is 1. The second kappa shape index (κ2) is 7.08. The predicted molar refractivity (Wildman–Crippen MR) is 108 cm³/mol. The highest BCUT2D eigenvalue weighted by molar-refractivity contribution is 7.99. The van der Waals surface area contributed by atoms with E-state index in [1.165, 1.54) is 27.6 Å². The molecule has 27 heavy (non-hydrogen) atoms. The van der Waals surface area contributed by atoms with Crippen LogP contribution >= 0.6 is 11.8 Å². The summed E-state index contributed by atoms with van der Waals surface area (Å²) in [5.74, 6) is 7.07. The summed E-state index contributed by atoms with van der Waals surface area (Å²) in [5.41, 5.74) is 4.29. The molecule has 0 bridgehead atoms. The first-order valence-corrected chi connectivity index (χ1v) is 9.83. The van der Waals surface area contributed by atoms with Gasteiger partial charge in [-0.15, -0.1) is 10.2 Å². The van der Waals surface area contributed by atoms with Gasteiger partial charge in [0.05, 0.1) is 5.75 Å². The fourth-order valence-corrected chi connectivity index (χ4v) is 4.13. The molecule has 1 atom stereocenters. The molecule has 2 aromatic carbocycles. The zero-order valence-corrected chi connectivity index (χ0v) is 16.1. The van der Waals surface area contributed by atoms with Gasteiger partial charge < -0.3 is 10.7 Å². The monoisotopic (exact) mass is 379 g/mol. The first-order chi connectivity index (χ1) is 13.0. The van der Waals surface area contributed by atoms with Crippen molar-refractivity contribution >= 4 is 23.4 Å². The Balaban J connectivity index is 1.48. The van der Waals surface area contributed by atoms with Crippen LogP contribution in [0.15, 0.2) is 53.7 Å². The molecule has 1 amide bonds. The Bertz CT molecular complexity index is 982. The zero-order chi connectivity index (χ0) is 19.0.